The van der Waals surface area contributed by atoms with Crippen LogP contribution in [0.4, 0.5) is 0 Å². The summed E-state index contributed by atoms with van der Waals surface area (Å²) in [5.41, 5.74) is 3.68. The number of rotatable bonds is 4. The number of carbonyl (C=O) groups is 1. The SMILES string of the molecule is O=C1CCC(c2c[nH]c3ccccc23)N1CCc1ccccc1. The molecule has 1 fully saturated rings. The van der Waals surface area contributed by atoms with Crippen molar-refractivity contribution in [1.82, 2.24) is 9.88 Å². The number of H-pyrrole nitrogens is 1. The molecule has 0 radical (unpaired) electrons. The van der Waals surface area contributed by atoms with Crippen LogP contribution in [-0.4, -0.2) is 22.3 Å². The summed E-state index contributed by atoms with van der Waals surface area (Å²) in [5.74, 6) is 0.274. The van der Waals surface area contributed by atoms with Crippen LogP contribution in [0.5, 0.6) is 0 Å². The first-order valence-corrected chi connectivity index (χ1v) is 8.22. The second kappa shape index (κ2) is 5.92. The van der Waals surface area contributed by atoms with Gasteiger partial charge in [-0.3, -0.25) is 4.79 Å². The standard InChI is InChI=1S/C20H20N2O/c23-20-11-10-19(17-14-21-18-9-5-4-8-16(17)18)22(20)13-12-15-6-2-1-3-7-15/h1-9,14,19,21H,10-13H2. The van der Waals surface area contributed by atoms with Crippen molar-refractivity contribution < 1.29 is 4.79 Å². The second-order valence-corrected chi connectivity index (χ2v) is 6.17. The summed E-state index contributed by atoms with van der Waals surface area (Å²) >= 11 is 0. The van der Waals surface area contributed by atoms with Crippen molar-refractivity contribution >= 4 is 16.8 Å². The number of hydrogen-bond acceptors (Lipinski definition) is 1. The van der Waals surface area contributed by atoms with Crippen LogP contribution in [0.15, 0.2) is 60.8 Å². The molecule has 1 atom stereocenters. The molecule has 3 nitrogen and oxygen atoms in total. The molecule has 23 heavy (non-hydrogen) atoms. The Kier molecular flexibility index (Phi) is 3.62. The van der Waals surface area contributed by atoms with E-state index in [9.17, 15) is 4.79 Å². The Balaban J connectivity index is 1.59. The van der Waals surface area contributed by atoms with E-state index < -0.39 is 0 Å². The van der Waals surface area contributed by atoms with Gasteiger partial charge in [0, 0.05) is 30.1 Å². The van der Waals surface area contributed by atoms with Crippen LogP contribution in [-0.2, 0) is 11.2 Å². The maximum atomic E-state index is 12.4. The highest BCUT2D eigenvalue weighted by molar-refractivity contribution is 5.86. The van der Waals surface area contributed by atoms with E-state index in [0.717, 1.165) is 24.9 Å². The van der Waals surface area contributed by atoms with Gasteiger partial charge in [0.05, 0.1) is 6.04 Å². The van der Waals surface area contributed by atoms with Crippen molar-refractivity contribution in [3.63, 3.8) is 0 Å². The van der Waals surface area contributed by atoms with E-state index in [-0.39, 0.29) is 11.9 Å². The Morgan fingerprint density at radius 3 is 2.70 bits per heavy atom. The highest BCUT2D eigenvalue weighted by atomic mass is 16.2. The quantitative estimate of drug-likeness (QED) is 0.775. The number of para-hydroxylation sites is 1. The molecule has 2 heterocycles. The van der Waals surface area contributed by atoms with Gasteiger partial charge in [0.1, 0.15) is 0 Å². The minimum atomic E-state index is 0.197. The number of benzene rings is 2. The number of amides is 1. The van der Waals surface area contributed by atoms with Gasteiger partial charge in [0.15, 0.2) is 0 Å². The lowest BCUT2D eigenvalue weighted by Crippen LogP contribution is -2.29. The van der Waals surface area contributed by atoms with Crippen molar-refractivity contribution in [1.29, 1.82) is 0 Å². The third kappa shape index (κ3) is 2.63. The molecule has 3 heteroatoms. The van der Waals surface area contributed by atoms with Gasteiger partial charge in [-0.25, -0.2) is 0 Å². The zero-order chi connectivity index (χ0) is 15.6. The van der Waals surface area contributed by atoms with E-state index in [1.54, 1.807) is 0 Å². The van der Waals surface area contributed by atoms with Crippen LogP contribution in [0, 0.1) is 0 Å². The molecular formula is C20H20N2O. The van der Waals surface area contributed by atoms with Crippen LogP contribution in [0.2, 0.25) is 0 Å². The van der Waals surface area contributed by atoms with E-state index in [1.165, 1.54) is 16.5 Å². The highest BCUT2D eigenvalue weighted by Crippen LogP contribution is 2.36. The minimum Gasteiger partial charge on any atom is -0.361 e. The largest absolute Gasteiger partial charge is 0.361 e. The van der Waals surface area contributed by atoms with Gasteiger partial charge >= 0.3 is 0 Å². The summed E-state index contributed by atoms with van der Waals surface area (Å²) in [5, 5.41) is 1.23. The van der Waals surface area contributed by atoms with Crippen molar-refractivity contribution in [2.45, 2.75) is 25.3 Å². The molecule has 0 saturated carbocycles. The minimum absolute atomic E-state index is 0.197. The Morgan fingerprint density at radius 1 is 1.04 bits per heavy atom. The van der Waals surface area contributed by atoms with Gasteiger partial charge in [-0.15, -0.1) is 0 Å². The summed E-state index contributed by atoms with van der Waals surface area (Å²) in [4.78, 5) is 17.7. The van der Waals surface area contributed by atoms with Crippen LogP contribution in [0.25, 0.3) is 10.9 Å². The average Bonchev–Trinajstić information content (AvgIpc) is 3.17. The third-order valence-corrected chi connectivity index (χ3v) is 4.79. The smallest absolute Gasteiger partial charge is 0.223 e. The zero-order valence-corrected chi connectivity index (χ0v) is 13.0. The maximum Gasteiger partial charge on any atom is 0.223 e. The van der Waals surface area contributed by atoms with Crippen molar-refractivity contribution in [2.75, 3.05) is 6.54 Å². The zero-order valence-electron chi connectivity index (χ0n) is 13.0. The van der Waals surface area contributed by atoms with E-state index in [2.05, 4.69) is 58.5 Å². The summed E-state index contributed by atoms with van der Waals surface area (Å²) in [6, 6.07) is 18.9. The van der Waals surface area contributed by atoms with Crippen LogP contribution < -0.4 is 0 Å². The Bertz CT molecular complexity index is 822. The summed E-state index contributed by atoms with van der Waals surface area (Å²) in [7, 11) is 0. The van der Waals surface area contributed by atoms with E-state index >= 15 is 0 Å². The number of hydrogen-bond donors (Lipinski definition) is 1. The topological polar surface area (TPSA) is 36.1 Å². The molecule has 1 saturated heterocycles. The first kappa shape index (κ1) is 14.1. The van der Waals surface area contributed by atoms with E-state index in [1.807, 2.05) is 12.1 Å². The molecule has 0 spiro atoms. The molecule has 1 aromatic heterocycles. The maximum absolute atomic E-state index is 12.4. The first-order chi connectivity index (χ1) is 11.3. The molecule has 116 valence electrons. The van der Waals surface area contributed by atoms with Crippen molar-refractivity contribution in [3.8, 4) is 0 Å². The molecule has 4 rings (SSSR count). The normalized spacial score (nSPS) is 18.0. The number of nitrogens with one attached hydrogen (secondary N) is 1. The van der Waals surface area contributed by atoms with Gasteiger partial charge in [-0.1, -0.05) is 48.5 Å². The molecule has 1 aliphatic heterocycles. The van der Waals surface area contributed by atoms with Gasteiger partial charge in [0.2, 0.25) is 5.91 Å². The molecule has 1 N–H and O–H groups in total. The lowest BCUT2D eigenvalue weighted by Gasteiger charge is -2.25. The van der Waals surface area contributed by atoms with Gasteiger partial charge in [0.25, 0.3) is 0 Å². The van der Waals surface area contributed by atoms with Crippen molar-refractivity contribution in [2.24, 2.45) is 0 Å². The molecule has 0 aliphatic carbocycles. The summed E-state index contributed by atoms with van der Waals surface area (Å²) in [6.07, 6.45) is 4.54. The molecule has 0 bridgehead atoms. The van der Waals surface area contributed by atoms with Gasteiger partial charge in [-0.2, -0.15) is 0 Å². The Hall–Kier alpha value is -2.55. The number of likely N-dealkylation sites (tertiary alicyclic amines) is 1. The van der Waals surface area contributed by atoms with Crippen LogP contribution >= 0.6 is 0 Å². The molecular weight excluding hydrogens is 284 g/mol. The van der Waals surface area contributed by atoms with Crippen molar-refractivity contribution in [3.05, 3.63) is 71.9 Å². The van der Waals surface area contributed by atoms with E-state index in [4.69, 9.17) is 0 Å². The fourth-order valence-electron chi connectivity index (χ4n) is 3.60. The molecule has 2 aromatic carbocycles. The molecule has 3 aromatic rings. The number of aromatic nitrogens is 1. The summed E-state index contributed by atoms with van der Waals surface area (Å²) in [6.45, 7) is 0.785. The number of nitrogens with zero attached hydrogens (tertiary/aromatic N) is 1. The lowest BCUT2D eigenvalue weighted by molar-refractivity contribution is -0.129. The molecule has 1 unspecified atom stereocenters. The monoisotopic (exact) mass is 304 g/mol. The number of aromatic amines is 1. The lowest BCUT2D eigenvalue weighted by atomic mass is 10.0. The Labute approximate surface area is 135 Å². The summed E-state index contributed by atoms with van der Waals surface area (Å²) < 4.78 is 0. The number of fused-ring (bicyclic) bond motifs is 1. The predicted octanol–water partition coefficient (Wildman–Crippen LogP) is 4.07. The highest BCUT2D eigenvalue weighted by Gasteiger charge is 2.32. The fourth-order valence-corrected chi connectivity index (χ4v) is 3.60. The average molecular weight is 304 g/mol. The van der Waals surface area contributed by atoms with Crippen LogP contribution in [0.1, 0.15) is 30.0 Å². The second-order valence-electron chi connectivity index (χ2n) is 6.17. The third-order valence-electron chi connectivity index (χ3n) is 4.79. The van der Waals surface area contributed by atoms with E-state index in [0.29, 0.717) is 6.42 Å². The first-order valence-electron chi connectivity index (χ1n) is 8.22. The number of carbonyl (C=O) groups excluding carboxylic acids is 1. The van der Waals surface area contributed by atoms with Gasteiger partial charge in [-0.05, 0) is 30.0 Å². The molecule has 1 aliphatic rings. The fraction of sp³-hybridized carbons (Fsp3) is 0.250. The predicted molar refractivity (Wildman–Crippen MR) is 92.1 cm³/mol. The Morgan fingerprint density at radius 2 is 1.83 bits per heavy atom. The van der Waals surface area contributed by atoms with Gasteiger partial charge < -0.3 is 9.88 Å². The molecule has 1 amide bonds. The van der Waals surface area contributed by atoms with Crippen LogP contribution in [0.3, 0.4) is 0 Å².